The molecule has 0 aromatic heterocycles. The molecule has 0 radical (unpaired) electrons. The monoisotopic (exact) mass is 205 g/mol. The SMILES string of the molecule is CCCC(=O)NCCCCCCCl. The predicted molar refractivity (Wildman–Crippen MR) is 57.1 cm³/mol. The number of unbranched alkanes of at least 4 members (excludes halogenated alkanes) is 3. The molecule has 13 heavy (non-hydrogen) atoms. The lowest BCUT2D eigenvalue weighted by molar-refractivity contribution is -0.121. The van der Waals surface area contributed by atoms with Gasteiger partial charge in [-0.25, -0.2) is 0 Å². The van der Waals surface area contributed by atoms with Crippen LogP contribution in [0.4, 0.5) is 0 Å². The molecule has 0 atom stereocenters. The topological polar surface area (TPSA) is 29.1 Å². The van der Waals surface area contributed by atoms with Gasteiger partial charge in [-0.3, -0.25) is 4.79 Å². The molecule has 78 valence electrons. The Morgan fingerprint density at radius 2 is 1.92 bits per heavy atom. The summed E-state index contributed by atoms with van der Waals surface area (Å²) in [6.45, 7) is 2.83. The Morgan fingerprint density at radius 1 is 1.23 bits per heavy atom. The molecule has 0 saturated heterocycles. The third-order valence-electron chi connectivity index (χ3n) is 1.86. The predicted octanol–water partition coefficient (Wildman–Crippen LogP) is 2.70. The molecule has 0 bridgehead atoms. The number of carbonyl (C=O) groups is 1. The van der Waals surface area contributed by atoms with Crippen LogP contribution < -0.4 is 5.32 Å². The number of halogens is 1. The Bertz CT molecular complexity index is 128. The van der Waals surface area contributed by atoms with Crippen LogP contribution >= 0.6 is 11.6 Å². The molecule has 0 unspecified atom stereocenters. The zero-order valence-electron chi connectivity index (χ0n) is 8.44. The highest BCUT2D eigenvalue weighted by Gasteiger charge is 1.96. The number of hydrogen-bond acceptors (Lipinski definition) is 1. The first kappa shape index (κ1) is 12.8. The van der Waals surface area contributed by atoms with Crippen molar-refractivity contribution in [3.63, 3.8) is 0 Å². The first-order chi connectivity index (χ1) is 6.31. The Hall–Kier alpha value is -0.240. The average Bonchev–Trinajstić information content (AvgIpc) is 2.11. The summed E-state index contributed by atoms with van der Waals surface area (Å²) < 4.78 is 0. The van der Waals surface area contributed by atoms with Crippen molar-refractivity contribution in [2.75, 3.05) is 12.4 Å². The van der Waals surface area contributed by atoms with E-state index in [1.165, 1.54) is 12.8 Å². The second kappa shape index (κ2) is 9.85. The van der Waals surface area contributed by atoms with Crippen LogP contribution in [-0.4, -0.2) is 18.3 Å². The fourth-order valence-electron chi connectivity index (χ4n) is 1.12. The molecule has 0 saturated carbocycles. The zero-order valence-corrected chi connectivity index (χ0v) is 9.20. The largest absolute Gasteiger partial charge is 0.356 e. The van der Waals surface area contributed by atoms with Gasteiger partial charge in [-0.1, -0.05) is 19.8 Å². The minimum absolute atomic E-state index is 0.180. The minimum atomic E-state index is 0.180. The van der Waals surface area contributed by atoms with E-state index in [-0.39, 0.29) is 5.91 Å². The minimum Gasteiger partial charge on any atom is -0.356 e. The van der Waals surface area contributed by atoms with Crippen LogP contribution in [0.1, 0.15) is 45.4 Å². The van der Waals surface area contributed by atoms with Crippen LogP contribution in [-0.2, 0) is 4.79 Å². The van der Waals surface area contributed by atoms with E-state index in [0.717, 1.165) is 31.7 Å². The molecule has 0 aliphatic heterocycles. The van der Waals surface area contributed by atoms with Crippen molar-refractivity contribution in [2.45, 2.75) is 45.4 Å². The van der Waals surface area contributed by atoms with Gasteiger partial charge in [0.1, 0.15) is 0 Å². The maximum Gasteiger partial charge on any atom is 0.219 e. The molecule has 0 aromatic carbocycles. The molecule has 0 rings (SSSR count). The molecule has 0 aliphatic carbocycles. The van der Waals surface area contributed by atoms with Crippen LogP contribution in [0.3, 0.4) is 0 Å². The van der Waals surface area contributed by atoms with Crippen molar-refractivity contribution in [1.29, 1.82) is 0 Å². The van der Waals surface area contributed by atoms with Gasteiger partial charge in [-0.2, -0.15) is 0 Å². The van der Waals surface area contributed by atoms with E-state index in [2.05, 4.69) is 5.32 Å². The fraction of sp³-hybridized carbons (Fsp3) is 0.900. The maximum atomic E-state index is 11.0. The number of rotatable bonds is 8. The lowest BCUT2D eigenvalue weighted by Crippen LogP contribution is -2.23. The van der Waals surface area contributed by atoms with E-state index in [0.29, 0.717) is 6.42 Å². The summed E-state index contributed by atoms with van der Waals surface area (Å²) in [4.78, 5) is 11.0. The van der Waals surface area contributed by atoms with Crippen LogP contribution in [0.5, 0.6) is 0 Å². The van der Waals surface area contributed by atoms with E-state index in [9.17, 15) is 4.79 Å². The van der Waals surface area contributed by atoms with Crippen molar-refractivity contribution in [3.8, 4) is 0 Å². The highest BCUT2D eigenvalue weighted by molar-refractivity contribution is 6.17. The van der Waals surface area contributed by atoms with E-state index in [1.807, 2.05) is 6.92 Å². The zero-order chi connectivity index (χ0) is 9.94. The van der Waals surface area contributed by atoms with Crippen LogP contribution in [0.25, 0.3) is 0 Å². The number of hydrogen-bond donors (Lipinski definition) is 1. The van der Waals surface area contributed by atoms with Crippen molar-refractivity contribution >= 4 is 17.5 Å². The highest BCUT2D eigenvalue weighted by Crippen LogP contribution is 1.99. The normalized spacial score (nSPS) is 10.0. The van der Waals surface area contributed by atoms with E-state index in [4.69, 9.17) is 11.6 Å². The fourth-order valence-corrected chi connectivity index (χ4v) is 1.31. The molecule has 0 aliphatic rings. The molecule has 0 fully saturated rings. The van der Waals surface area contributed by atoms with Gasteiger partial charge in [0.25, 0.3) is 0 Å². The third-order valence-corrected chi connectivity index (χ3v) is 2.13. The summed E-state index contributed by atoms with van der Waals surface area (Å²) in [6.07, 6.45) is 6.09. The van der Waals surface area contributed by atoms with Gasteiger partial charge in [0.2, 0.25) is 5.91 Å². The van der Waals surface area contributed by atoms with Gasteiger partial charge in [-0.05, 0) is 19.3 Å². The second-order valence-corrected chi connectivity index (χ2v) is 3.58. The van der Waals surface area contributed by atoms with Crippen LogP contribution in [0.2, 0.25) is 0 Å². The smallest absolute Gasteiger partial charge is 0.219 e. The van der Waals surface area contributed by atoms with Crippen molar-refractivity contribution in [2.24, 2.45) is 0 Å². The van der Waals surface area contributed by atoms with Gasteiger partial charge >= 0.3 is 0 Å². The van der Waals surface area contributed by atoms with E-state index < -0.39 is 0 Å². The lowest BCUT2D eigenvalue weighted by atomic mass is 10.2. The third kappa shape index (κ3) is 9.68. The Morgan fingerprint density at radius 3 is 2.54 bits per heavy atom. The van der Waals surface area contributed by atoms with Gasteiger partial charge < -0.3 is 5.32 Å². The van der Waals surface area contributed by atoms with Crippen molar-refractivity contribution in [1.82, 2.24) is 5.32 Å². The van der Waals surface area contributed by atoms with Crippen LogP contribution in [0, 0.1) is 0 Å². The number of nitrogens with one attached hydrogen (secondary N) is 1. The van der Waals surface area contributed by atoms with Gasteiger partial charge in [0.15, 0.2) is 0 Å². The first-order valence-electron chi connectivity index (χ1n) is 5.14. The maximum absolute atomic E-state index is 11.0. The Kier molecular flexibility index (Phi) is 9.66. The number of carbonyl (C=O) groups excluding carboxylic acids is 1. The summed E-state index contributed by atoms with van der Waals surface area (Å²) in [7, 11) is 0. The molecule has 3 heteroatoms. The quantitative estimate of drug-likeness (QED) is 0.479. The summed E-state index contributed by atoms with van der Waals surface area (Å²) >= 11 is 5.54. The molecule has 2 nitrogen and oxygen atoms in total. The average molecular weight is 206 g/mol. The summed E-state index contributed by atoms with van der Waals surface area (Å²) in [5.74, 6) is 0.933. The number of amides is 1. The molecular weight excluding hydrogens is 186 g/mol. The Labute approximate surface area is 86.0 Å². The molecule has 1 amide bonds. The summed E-state index contributed by atoms with van der Waals surface area (Å²) in [5.41, 5.74) is 0. The Balaban J connectivity index is 3.02. The highest BCUT2D eigenvalue weighted by atomic mass is 35.5. The lowest BCUT2D eigenvalue weighted by Gasteiger charge is -2.03. The van der Waals surface area contributed by atoms with Gasteiger partial charge in [-0.15, -0.1) is 11.6 Å². The van der Waals surface area contributed by atoms with E-state index in [1.54, 1.807) is 0 Å². The van der Waals surface area contributed by atoms with Crippen molar-refractivity contribution < 1.29 is 4.79 Å². The standard InChI is InChI=1S/C10H20ClNO/c1-2-7-10(13)12-9-6-4-3-5-8-11/h2-9H2,1H3,(H,12,13). The van der Waals surface area contributed by atoms with E-state index >= 15 is 0 Å². The van der Waals surface area contributed by atoms with Crippen LogP contribution in [0.15, 0.2) is 0 Å². The molecule has 0 spiro atoms. The number of alkyl halides is 1. The summed E-state index contributed by atoms with van der Waals surface area (Å²) in [6, 6.07) is 0. The molecule has 0 aromatic rings. The second-order valence-electron chi connectivity index (χ2n) is 3.20. The van der Waals surface area contributed by atoms with Crippen molar-refractivity contribution in [3.05, 3.63) is 0 Å². The first-order valence-corrected chi connectivity index (χ1v) is 5.67. The van der Waals surface area contributed by atoms with Gasteiger partial charge in [0.05, 0.1) is 0 Å². The molecule has 0 heterocycles. The molecular formula is C10H20ClNO. The van der Waals surface area contributed by atoms with Gasteiger partial charge in [0, 0.05) is 18.8 Å². The summed E-state index contributed by atoms with van der Waals surface area (Å²) in [5, 5.41) is 2.89. The molecule has 1 N–H and O–H groups in total.